The number of aromatic carboxylic acids is 1. The molecular weight excluding hydrogens is 428 g/mol. The van der Waals surface area contributed by atoms with Crippen LogP contribution in [-0.2, 0) is 4.74 Å². The van der Waals surface area contributed by atoms with Gasteiger partial charge in [-0.25, -0.2) is 4.79 Å². The number of nitrogens with one attached hydrogen (secondary N) is 1. The van der Waals surface area contributed by atoms with E-state index < -0.39 is 5.97 Å². The van der Waals surface area contributed by atoms with Crippen molar-refractivity contribution in [2.45, 2.75) is 25.7 Å². The Kier molecular flexibility index (Phi) is 4.92. The highest BCUT2D eigenvalue weighted by Crippen LogP contribution is 2.44. The molecule has 1 saturated heterocycles. The van der Waals surface area contributed by atoms with Crippen LogP contribution in [0.4, 0.5) is 0 Å². The molecule has 4 heterocycles. The first kappa shape index (κ1) is 20.6. The molecular formula is C27H24N4O3. The number of aryl methyl sites for hydroxylation is 1. The van der Waals surface area contributed by atoms with Crippen LogP contribution in [0.1, 0.15) is 40.5 Å². The molecule has 6 rings (SSSR count). The number of benzene rings is 2. The average molecular weight is 453 g/mol. The van der Waals surface area contributed by atoms with E-state index in [0.717, 1.165) is 64.8 Å². The molecule has 0 bridgehead atoms. The van der Waals surface area contributed by atoms with Crippen LogP contribution in [0, 0.1) is 6.92 Å². The number of carboxylic acids is 1. The van der Waals surface area contributed by atoms with Crippen molar-refractivity contribution in [3.05, 3.63) is 77.9 Å². The van der Waals surface area contributed by atoms with Crippen molar-refractivity contribution in [2.24, 2.45) is 0 Å². The topological polar surface area (TPSA) is 93.0 Å². The van der Waals surface area contributed by atoms with Gasteiger partial charge < -0.3 is 14.4 Å². The highest BCUT2D eigenvalue weighted by atomic mass is 16.5. The molecule has 0 radical (unpaired) electrons. The molecule has 1 fully saturated rings. The normalized spacial score (nSPS) is 14.7. The predicted octanol–water partition coefficient (Wildman–Crippen LogP) is 5.47. The molecule has 2 N–H and O–H groups in total. The Labute approximate surface area is 196 Å². The van der Waals surface area contributed by atoms with Crippen LogP contribution in [0.5, 0.6) is 0 Å². The van der Waals surface area contributed by atoms with Crippen molar-refractivity contribution >= 4 is 27.8 Å². The Morgan fingerprint density at radius 3 is 2.65 bits per heavy atom. The van der Waals surface area contributed by atoms with Crippen molar-refractivity contribution in [2.75, 3.05) is 13.2 Å². The second-order valence-electron chi connectivity index (χ2n) is 8.85. The van der Waals surface area contributed by atoms with E-state index in [1.165, 1.54) is 11.3 Å². The van der Waals surface area contributed by atoms with Crippen molar-refractivity contribution in [1.29, 1.82) is 0 Å². The van der Waals surface area contributed by atoms with Gasteiger partial charge in [-0.1, -0.05) is 0 Å². The minimum Gasteiger partial charge on any atom is -0.478 e. The molecule has 1 aliphatic rings. The number of hydrogen-bond donors (Lipinski definition) is 2. The average Bonchev–Trinajstić information content (AvgIpc) is 3.45. The van der Waals surface area contributed by atoms with Crippen molar-refractivity contribution in [1.82, 2.24) is 19.7 Å². The van der Waals surface area contributed by atoms with Gasteiger partial charge in [-0.3, -0.25) is 10.1 Å². The van der Waals surface area contributed by atoms with Crippen LogP contribution >= 0.6 is 0 Å². The molecule has 0 unspecified atom stereocenters. The molecule has 0 spiro atoms. The first-order valence-electron chi connectivity index (χ1n) is 11.5. The Balaban J connectivity index is 1.72. The number of hydrogen-bond acceptors (Lipinski definition) is 4. The zero-order chi connectivity index (χ0) is 23.2. The summed E-state index contributed by atoms with van der Waals surface area (Å²) in [5, 5.41) is 18.9. The lowest BCUT2D eigenvalue weighted by Crippen LogP contribution is -2.17. The van der Waals surface area contributed by atoms with E-state index in [0.29, 0.717) is 5.92 Å². The summed E-state index contributed by atoms with van der Waals surface area (Å²) in [4.78, 5) is 15.9. The van der Waals surface area contributed by atoms with E-state index in [1.807, 2.05) is 31.5 Å². The molecule has 34 heavy (non-hydrogen) atoms. The third-order valence-corrected chi connectivity index (χ3v) is 6.73. The summed E-state index contributed by atoms with van der Waals surface area (Å²) >= 11 is 0. The lowest BCUT2D eigenvalue weighted by atomic mass is 9.90. The van der Waals surface area contributed by atoms with Gasteiger partial charge in [0.25, 0.3) is 0 Å². The Hall–Kier alpha value is -3.97. The lowest BCUT2D eigenvalue weighted by Gasteiger charge is -2.26. The molecule has 7 nitrogen and oxygen atoms in total. The number of H-pyrrole nitrogens is 1. The van der Waals surface area contributed by atoms with E-state index in [4.69, 9.17) is 4.74 Å². The molecule has 5 aromatic rings. The fourth-order valence-electron chi connectivity index (χ4n) is 5.14. The van der Waals surface area contributed by atoms with Crippen LogP contribution in [0.25, 0.3) is 38.6 Å². The summed E-state index contributed by atoms with van der Waals surface area (Å²) in [5.74, 6) is -0.624. The molecule has 0 amide bonds. The van der Waals surface area contributed by atoms with Gasteiger partial charge in [-0.15, -0.1) is 0 Å². The third-order valence-electron chi connectivity index (χ3n) is 6.73. The standard InChI is InChI=1S/C27H24N4O3/c1-16-12-19(6-9-28-16)25-22-13-20-15-29-30-23(20)14-24(22)31(26(25)17-7-10-34-11-8-17)21-4-2-18(3-5-21)27(32)33/h2-6,9,12-15,17H,7-8,10-11H2,1H3,(H,29,30)(H,32,33). The van der Waals surface area contributed by atoms with Gasteiger partial charge in [0, 0.05) is 58.7 Å². The Morgan fingerprint density at radius 2 is 1.91 bits per heavy atom. The van der Waals surface area contributed by atoms with Crippen LogP contribution in [0.15, 0.2) is 60.9 Å². The maximum Gasteiger partial charge on any atom is 0.335 e. The largest absolute Gasteiger partial charge is 0.478 e. The number of nitrogens with zero attached hydrogens (tertiary/aromatic N) is 3. The maximum atomic E-state index is 11.5. The summed E-state index contributed by atoms with van der Waals surface area (Å²) in [6.07, 6.45) is 5.57. The minimum absolute atomic E-state index is 0.272. The molecule has 7 heteroatoms. The van der Waals surface area contributed by atoms with Gasteiger partial charge in [0.1, 0.15) is 0 Å². The van der Waals surface area contributed by atoms with Crippen molar-refractivity contribution < 1.29 is 14.6 Å². The SMILES string of the molecule is Cc1cc(-c2c(C3CCOCC3)n(-c3ccc(C(=O)O)cc3)c3cc4[nH]ncc4cc23)ccn1. The Morgan fingerprint density at radius 1 is 1.12 bits per heavy atom. The third kappa shape index (κ3) is 3.36. The molecule has 0 aliphatic carbocycles. The van der Waals surface area contributed by atoms with E-state index in [1.54, 1.807) is 12.1 Å². The van der Waals surface area contributed by atoms with Crippen LogP contribution < -0.4 is 0 Å². The lowest BCUT2D eigenvalue weighted by molar-refractivity contribution is 0.0697. The maximum absolute atomic E-state index is 11.5. The highest BCUT2D eigenvalue weighted by Gasteiger charge is 2.28. The molecule has 3 aromatic heterocycles. The van der Waals surface area contributed by atoms with Crippen molar-refractivity contribution in [3.8, 4) is 16.8 Å². The van der Waals surface area contributed by atoms with E-state index in [-0.39, 0.29) is 5.56 Å². The fourth-order valence-corrected chi connectivity index (χ4v) is 5.14. The number of ether oxygens (including phenoxy) is 1. The van der Waals surface area contributed by atoms with Gasteiger partial charge >= 0.3 is 5.97 Å². The number of rotatable bonds is 4. The van der Waals surface area contributed by atoms with Crippen molar-refractivity contribution in [3.63, 3.8) is 0 Å². The van der Waals surface area contributed by atoms with E-state index in [2.05, 4.69) is 44.0 Å². The number of aromatic nitrogens is 4. The summed E-state index contributed by atoms with van der Waals surface area (Å²) in [7, 11) is 0. The summed E-state index contributed by atoms with van der Waals surface area (Å²) in [6.45, 7) is 3.46. The van der Waals surface area contributed by atoms with Crippen LogP contribution in [0.3, 0.4) is 0 Å². The second-order valence-corrected chi connectivity index (χ2v) is 8.85. The van der Waals surface area contributed by atoms with Gasteiger partial charge in [-0.2, -0.15) is 5.10 Å². The van der Waals surface area contributed by atoms with Gasteiger partial charge in [-0.05, 0) is 73.9 Å². The number of fused-ring (bicyclic) bond motifs is 2. The summed E-state index contributed by atoms with van der Waals surface area (Å²) in [6, 6.07) is 15.7. The number of aromatic amines is 1. The first-order valence-corrected chi connectivity index (χ1v) is 11.5. The molecule has 0 atom stereocenters. The highest BCUT2D eigenvalue weighted by molar-refractivity contribution is 6.05. The number of carboxylic acid groups (broad SMARTS) is 1. The first-order chi connectivity index (χ1) is 16.6. The fraction of sp³-hybridized carbons (Fsp3) is 0.222. The number of carbonyl (C=O) groups is 1. The minimum atomic E-state index is -0.930. The zero-order valence-electron chi connectivity index (χ0n) is 18.8. The van der Waals surface area contributed by atoms with Gasteiger partial charge in [0.15, 0.2) is 0 Å². The van der Waals surface area contributed by atoms with Crippen LogP contribution in [-0.4, -0.2) is 44.0 Å². The van der Waals surface area contributed by atoms with Gasteiger partial charge in [0.05, 0.1) is 22.8 Å². The monoisotopic (exact) mass is 452 g/mol. The van der Waals surface area contributed by atoms with E-state index in [9.17, 15) is 9.90 Å². The Bertz CT molecular complexity index is 1530. The summed E-state index contributed by atoms with van der Waals surface area (Å²) < 4.78 is 7.99. The molecule has 1 aliphatic heterocycles. The quantitative estimate of drug-likeness (QED) is 0.377. The molecule has 2 aromatic carbocycles. The summed E-state index contributed by atoms with van der Waals surface area (Å²) in [5.41, 5.74) is 7.75. The smallest absolute Gasteiger partial charge is 0.335 e. The van der Waals surface area contributed by atoms with Crippen LogP contribution in [0.2, 0.25) is 0 Å². The van der Waals surface area contributed by atoms with Gasteiger partial charge in [0.2, 0.25) is 0 Å². The second kappa shape index (κ2) is 8.11. The number of pyridine rings is 1. The predicted molar refractivity (Wildman–Crippen MR) is 131 cm³/mol. The molecule has 0 saturated carbocycles. The van der Waals surface area contributed by atoms with E-state index >= 15 is 0 Å². The molecule has 170 valence electrons. The zero-order valence-corrected chi connectivity index (χ0v) is 18.8.